The first-order chi connectivity index (χ1) is 34.7. The van der Waals surface area contributed by atoms with E-state index >= 15 is 0 Å². The molecule has 5 heterocycles. The highest BCUT2D eigenvalue weighted by Crippen LogP contribution is 2.42. The summed E-state index contributed by atoms with van der Waals surface area (Å²) in [7, 11) is 0. The molecule has 0 aliphatic rings. The van der Waals surface area contributed by atoms with Gasteiger partial charge >= 0.3 is 0 Å². The summed E-state index contributed by atoms with van der Waals surface area (Å²) in [5.41, 5.74) is 14.1. The Morgan fingerprint density at radius 3 is 0.914 bits per heavy atom. The molecule has 7 nitrogen and oxygen atoms in total. The van der Waals surface area contributed by atoms with Crippen molar-refractivity contribution in [3.8, 4) is 45.8 Å². The van der Waals surface area contributed by atoms with Gasteiger partial charge in [0.25, 0.3) is 0 Å². The lowest BCUT2D eigenvalue weighted by Gasteiger charge is -2.13. The van der Waals surface area contributed by atoms with Gasteiger partial charge in [-0.05, 0) is 83.9 Å². The molecule has 0 aliphatic heterocycles. The van der Waals surface area contributed by atoms with Crippen LogP contribution in [0.4, 0.5) is 0 Å². The predicted molar refractivity (Wildman–Crippen MR) is 288 cm³/mol. The fourth-order valence-corrected chi connectivity index (χ4v) is 11.1. The highest BCUT2D eigenvalue weighted by molar-refractivity contribution is 6.20. The maximum Gasteiger partial charge on any atom is 0.240 e. The topological polar surface area (TPSA) is 58.4 Å². The number of benzene rings is 10. The van der Waals surface area contributed by atoms with Crippen molar-refractivity contribution < 1.29 is 0 Å². The minimum absolute atomic E-state index is 0.539. The van der Waals surface area contributed by atoms with Crippen LogP contribution in [0.3, 0.4) is 0 Å². The van der Waals surface area contributed by atoms with Crippen LogP contribution in [-0.4, -0.2) is 33.2 Å². The molecule has 0 saturated carbocycles. The largest absolute Gasteiger partial charge is 0.309 e. The molecule has 5 aromatic heterocycles. The molecule has 70 heavy (non-hydrogen) atoms. The van der Waals surface area contributed by atoms with Crippen LogP contribution in [0.5, 0.6) is 0 Å². The van der Waals surface area contributed by atoms with Gasteiger partial charge in [0.1, 0.15) is 0 Å². The number of aromatic nitrogens is 7. The summed E-state index contributed by atoms with van der Waals surface area (Å²) in [5.74, 6) is 1.66. The van der Waals surface area contributed by atoms with Crippen molar-refractivity contribution in [3.05, 3.63) is 237 Å². The zero-order valence-electron chi connectivity index (χ0n) is 37.6. The zero-order valence-corrected chi connectivity index (χ0v) is 37.6. The quantitative estimate of drug-likeness (QED) is 0.167. The van der Waals surface area contributed by atoms with E-state index in [0.717, 1.165) is 105 Å². The van der Waals surface area contributed by atoms with Crippen LogP contribution >= 0.6 is 0 Å². The van der Waals surface area contributed by atoms with Crippen molar-refractivity contribution in [2.75, 3.05) is 0 Å². The number of fused-ring (bicyclic) bond motifs is 12. The van der Waals surface area contributed by atoms with Gasteiger partial charge in [0, 0.05) is 60.0 Å². The van der Waals surface area contributed by atoms with Crippen molar-refractivity contribution in [2.45, 2.75) is 0 Å². The smallest absolute Gasteiger partial charge is 0.240 e. The van der Waals surface area contributed by atoms with Gasteiger partial charge in [0.2, 0.25) is 11.9 Å². The molecule has 10 aromatic carbocycles. The van der Waals surface area contributed by atoms with Crippen molar-refractivity contribution in [2.24, 2.45) is 0 Å². The number of rotatable bonds is 6. The van der Waals surface area contributed by atoms with E-state index < -0.39 is 0 Å². The predicted octanol–water partition coefficient (Wildman–Crippen LogP) is 15.6. The van der Waals surface area contributed by atoms with Gasteiger partial charge in [-0.2, -0.15) is 15.0 Å². The monoisotopic (exact) mass is 893 g/mol. The Labute approximate surface area is 401 Å². The molecule has 0 unspecified atom stereocenters. The molecule has 0 bridgehead atoms. The van der Waals surface area contributed by atoms with Crippen LogP contribution in [0.25, 0.3) is 133 Å². The summed E-state index contributed by atoms with van der Waals surface area (Å²) in [6.07, 6.45) is 0. The SMILES string of the molecule is c1ccc(-c2ccc(-c3nc(-n4c5ccccc5c5cc6c(cc54)c4ccccc4n6-c4ccccc4)nc(-n4c5ccccc5c5cc6c(cc54)c4ccccc4n6-c4ccccc4)n3)cc2)cc1. The fraction of sp³-hybridized carbons (Fsp3) is 0. The number of hydrogen-bond acceptors (Lipinski definition) is 3. The Hall–Kier alpha value is -9.59. The maximum atomic E-state index is 5.59. The van der Waals surface area contributed by atoms with Crippen molar-refractivity contribution in [3.63, 3.8) is 0 Å². The third-order valence-corrected chi connectivity index (χ3v) is 14.2. The molecule has 0 saturated heterocycles. The number of nitrogens with zero attached hydrogens (tertiary/aromatic N) is 7. The van der Waals surface area contributed by atoms with Crippen LogP contribution in [0.2, 0.25) is 0 Å². The molecule has 15 rings (SSSR count). The normalized spacial score (nSPS) is 12.0. The number of para-hydroxylation sites is 6. The van der Waals surface area contributed by atoms with Crippen LogP contribution in [0, 0.1) is 0 Å². The minimum atomic E-state index is 0.539. The lowest BCUT2D eigenvalue weighted by molar-refractivity contribution is 0.893. The second-order valence-electron chi connectivity index (χ2n) is 18.1. The van der Waals surface area contributed by atoms with E-state index in [1.165, 1.54) is 10.8 Å². The average Bonchev–Trinajstić information content (AvgIpc) is 4.14. The summed E-state index contributed by atoms with van der Waals surface area (Å²) >= 11 is 0. The molecule has 0 N–H and O–H groups in total. The Kier molecular flexibility index (Phi) is 8.23. The summed E-state index contributed by atoms with van der Waals surface area (Å²) < 4.78 is 9.24. The number of hydrogen-bond donors (Lipinski definition) is 0. The van der Waals surface area contributed by atoms with Crippen molar-refractivity contribution >= 4 is 87.2 Å². The third-order valence-electron chi connectivity index (χ3n) is 14.2. The highest BCUT2D eigenvalue weighted by Gasteiger charge is 2.24. The molecular formula is C63H39N7. The van der Waals surface area contributed by atoms with Gasteiger partial charge in [-0.25, -0.2) is 0 Å². The van der Waals surface area contributed by atoms with Crippen molar-refractivity contribution in [1.82, 2.24) is 33.2 Å². The molecule has 0 spiro atoms. The molecule has 15 aromatic rings. The second-order valence-corrected chi connectivity index (χ2v) is 18.1. The van der Waals surface area contributed by atoms with Gasteiger partial charge in [-0.3, -0.25) is 9.13 Å². The molecule has 7 heteroatoms. The molecule has 0 amide bonds. The molecular weight excluding hydrogens is 855 g/mol. The average molecular weight is 894 g/mol. The van der Waals surface area contributed by atoms with Gasteiger partial charge in [0.05, 0.1) is 44.1 Å². The zero-order chi connectivity index (χ0) is 45.9. The van der Waals surface area contributed by atoms with E-state index in [-0.39, 0.29) is 0 Å². The van der Waals surface area contributed by atoms with E-state index in [9.17, 15) is 0 Å². The first kappa shape index (κ1) is 38.5. The Morgan fingerprint density at radius 2 is 0.514 bits per heavy atom. The molecule has 326 valence electrons. The van der Waals surface area contributed by atoms with E-state index in [1.807, 2.05) is 6.07 Å². The Balaban J connectivity index is 1.03. The van der Waals surface area contributed by atoms with E-state index in [2.05, 4.69) is 249 Å². The lowest BCUT2D eigenvalue weighted by atomic mass is 10.0. The van der Waals surface area contributed by atoms with E-state index in [1.54, 1.807) is 0 Å². The molecule has 0 aliphatic carbocycles. The van der Waals surface area contributed by atoms with Crippen molar-refractivity contribution in [1.29, 1.82) is 0 Å². The highest BCUT2D eigenvalue weighted by atomic mass is 15.3. The first-order valence-electron chi connectivity index (χ1n) is 23.7. The maximum absolute atomic E-state index is 5.59. The third kappa shape index (κ3) is 5.66. The molecule has 0 radical (unpaired) electrons. The van der Waals surface area contributed by atoms with Crippen LogP contribution in [0.1, 0.15) is 0 Å². The standard InChI is InChI=1S/C63H39N7/c1-4-18-40(19-5-1)41-32-34-42(35-33-41)61-64-62(69-55-30-16-12-26-47(55)51-36-57-49(38-59(51)69)45-24-10-14-28-53(45)67(57)43-20-6-2-7-21-43)66-63(65-61)70-56-31-17-13-27-48(56)52-37-58-50(39-60(52)70)46-25-11-15-29-54(46)68(58)44-22-8-3-9-23-44/h1-39H. The van der Waals surface area contributed by atoms with E-state index in [4.69, 9.17) is 15.0 Å². The van der Waals surface area contributed by atoms with Crippen LogP contribution in [0.15, 0.2) is 237 Å². The summed E-state index contributed by atoms with van der Waals surface area (Å²) in [4.78, 5) is 16.5. The second kappa shape index (κ2) is 15.0. The van der Waals surface area contributed by atoms with Crippen LogP contribution in [-0.2, 0) is 0 Å². The summed E-state index contributed by atoms with van der Waals surface area (Å²) in [5, 5.41) is 9.15. The van der Waals surface area contributed by atoms with Gasteiger partial charge in [-0.1, -0.05) is 164 Å². The fourth-order valence-electron chi connectivity index (χ4n) is 11.1. The lowest BCUT2D eigenvalue weighted by Crippen LogP contribution is -2.10. The van der Waals surface area contributed by atoms with Gasteiger partial charge in [-0.15, -0.1) is 0 Å². The summed E-state index contributed by atoms with van der Waals surface area (Å²) in [6, 6.07) is 84.4. The Bertz CT molecular complexity index is 4310. The first-order valence-corrected chi connectivity index (χ1v) is 23.7. The molecule has 0 atom stereocenters. The van der Waals surface area contributed by atoms with E-state index in [0.29, 0.717) is 17.7 Å². The van der Waals surface area contributed by atoms with Gasteiger partial charge in [0.15, 0.2) is 5.82 Å². The van der Waals surface area contributed by atoms with Crippen LogP contribution < -0.4 is 0 Å². The minimum Gasteiger partial charge on any atom is -0.309 e. The van der Waals surface area contributed by atoms with Gasteiger partial charge < -0.3 is 9.13 Å². The summed E-state index contributed by atoms with van der Waals surface area (Å²) in [6.45, 7) is 0. The Morgan fingerprint density at radius 1 is 0.214 bits per heavy atom. The molecule has 0 fully saturated rings.